The van der Waals surface area contributed by atoms with Crippen molar-refractivity contribution in [3.63, 3.8) is 0 Å². The summed E-state index contributed by atoms with van der Waals surface area (Å²) in [4.78, 5) is 21.6. The van der Waals surface area contributed by atoms with E-state index in [1.165, 1.54) is 13.2 Å². The molecular weight excluding hydrogens is 275 g/mol. The number of fused-ring (bicyclic) bond motifs is 3. The Hall–Kier alpha value is -2.15. The highest BCUT2D eigenvalue weighted by Crippen LogP contribution is 2.30. The van der Waals surface area contributed by atoms with Gasteiger partial charge in [-0.05, 0) is 18.6 Å². The van der Waals surface area contributed by atoms with Gasteiger partial charge in [-0.3, -0.25) is 0 Å². The van der Waals surface area contributed by atoms with Crippen molar-refractivity contribution >= 4 is 23.0 Å². The molecule has 0 unspecified atom stereocenters. The van der Waals surface area contributed by atoms with E-state index >= 15 is 0 Å². The zero-order valence-electron chi connectivity index (χ0n) is 11.5. The minimum absolute atomic E-state index is 0.111. The number of hydrogen-bond donors (Lipinski definition) is 2. The Balaban J connectivity index is 1.81. The quantitative estimate of drug-likeness (QED) is 0.809. The van der Waals surface area contributed by atoms with Gasteiger partial charge in [-0.25, -0.2) is 14.2 Å². The van der Waals surface area contributed by atoms with Gasteiger partial charge < -0.3 is 19.9 Å². The van der Waals surface area contributed by atoms with Crippen LogP contribution in [-0.4, -0.2) is 48.2 Å². The number of hydrogen-bond acceptors (Lipinski definition) is 5. The molecule has 2 N–H and O–H groups in total. The lowest BCUT2D eigenvalue weighted by atomic mass is 10.2. The first-order valence-corrected chi connectivity index (χ1v) is 6.94. The number of imidazole rings is 1. The number of aromatic amines is 1. The second kappa shape index (κ2) is 4.42. The third-order valence-corrected chi connectivity index (χ3v) is 4.31. The number of nitrogens with zero attached hydrogens (tertiary/aromatic N) is 2. The number of carbonyl (C=O) groups is 1. The molecule has 4 rings (SSSR count). The molecule has 0 spiro atoms. The largest absolute Gasteiger partial charge is 0.465 e. The van der Waals surface area contributed by atoms with Gasteiger partial charge in [-0.1, -0.05) is 0 Å². The lowest BCUT2D eigenvalue weighted by Crippen LogP contribution is -2.44. The standard InChI is InChI=1S/C14H15FN4O2/c1-21-13(20)11-9(15)2-3-10-12(11)18-14(17-10)19-6-7-4-8(19)5-16-7/h2-3,7-8,16H,4-6H2,1H3,(H,17,18)/t7-,8-/m0/s1. The van der Waals surface area contributed by atoms with Crippen molar-refractivity contribution in [2.24, 2.45) is 0 Å². The average Bonchev–Trinajstić information content (AvgIpc) is 3.20. The smallest absolute Gasteiger partial charge is 0.343 e. The molecule has 6 nitrogen and oxygen atoms in total. The van der Waals surface area contributed by atoms with Gasteiger partial charge in [0.15, 0.2) is 0 Å². The minimum Gasteiger partial charge on any atom is -0.465 e. The van der Waals surface area contributed by atoms with E-state index in [1.807, 2.05) is 0 Å². The van der Waals surface area contributed by atoms with Crippen molar-refractivity contribution in [3.8, 4) is 0 Å². The summed E-state index contributed by atoms with van der Waals surface area (Å²) in [6, 6.07) is 3.75. The highest BCUT2D eigenvalue weighted by atomic mass is 19.1. The second-order valence-corrected chi connectivity index (χ2v) is 5.52. The topological polar surface area (TPSA) is 70.2 Å². The van der Waals surface area contributed by atoms with Crippen LogP contribution in [0.3, 0.4) is 0 Å². The molecule has 3 heterocycles. The first kappa shape index (κ1) is 12.6. The first-order valence-electron chi connectivity index (χ1n) is 6.94. The van der Waals surface area contributed by atoms with E-state index in [-0.39, 0.29) is 5.56 Å². The van der Waals surface area contributed by atoms with Gasteiger partial charge in [0, 0.05) is 25.2 Å². The summed E-state index contributed by atoms with van der Waals surface area (Å²) < 4.78 is 18.6. The van der Waals surface area contributed by atoms with Gasteiger partial charge in [0.2, 0.25) is 5.95 Å². The number of ether oxygens (including phenoxy) is 1. The average molecular weight is 290 g/mol. The summed E-state index contributed by atoms with van der Waals surface area (Å²) in [5, 5.41) is 3.42. The maximum atomic E-state index is 13.9. The molecule has 2 saturated heterocycles. The number of H-pyrrole nitrogens is 1. The lowest BCUT2D eigenvalue weighted by Gasteiger charge is -2.26. The van der Waals surface area contributed by atoms with E-state index in [2.05, 4.69) is 24.9 Å². The van der Waals surface area contributed by atoms with Gasteiger partial charge >= 0.3 is 5.97 Å². The van der Waals surface area contributed by atoms with Crippen LogP contribution in [0.1, 0.15) is 16.8 Å². The normalized spacial score (nSPS) is 24.0. The van der Waals surface area contributed by atoms with Crippen molar-refractivity contribution in [2.75, 3.05) is 25.1 Å². The van der Waals surface area contributed by atoms with E-state index in [1.54, 1.807) is 6.07 Å². The van der Waals surface area contributed by atoms with Crippen LogP contribution < -0.4 is 10.2 Å². The number of piperazine rings is 1. The van der Waals surface area contributed by atoms with Crippen LogP contribution in [0.5, 0.6) is 0 Å². The molecular formula is C14H15FN4O2. The van der Waals surface area contributed by atoms with Crippen LogP contribution in [0.4, 0.5) is 10.3 Å². The third kappa shape index (κ3) is 1.80. The summed E-state index contributed by atoms with van der Waals surface area (Å²) in [7, 11) is 1.24. The predicted octanol–water partition coefficient (Wildman–Crippen LogP) is 1.04. The van der Waals surface area contributed by atoms with E-state index in [0.717, 1.165) is 19.5 Å². The minimum atomic E-state index is -0.708. The fourth-order valence-corrected chi connectivity index (χ4v) is 3.29. The molecule has 110 valence electrons. The van der Waals surface area contributed by atoms with E-state index < -0.39 is 11.8 Å². The molecule has 2 aliphatic heterocycles. The van der Waals surface area contributed by atoms with Gasteiger partial charge in [0.1, 0.15) is 16.9 Å². The van der Waals surface area contributed by atoms with Crippen molar-refractivity contribution < 1.29 is 13.9 Å². The molecule has 1 aromatic heterocycles. The zero-order valence-corrected chi connectivity index (χ0v) is 11.5. The van der Waals surface area contributed by atoms with Crippen LogP contribution in [0, 0.1) is 5.82 Å². The van der Waals surface area contributed by atoms with Crippen molar-refractivity contribution in [1.82, 2.24) is 15.3 Å². The molecule has 2 fully saturated rings. The molecule has 2 atom stereocenters. The molecule has 0 amide bonds. The fourth-order valence-electron chi connectivity index (χ4n) is 3.29. The molecule has 7 heteroatoms. The Bertz CT molecular complexity index is 729. The van der Waals surface area contributed by atoms with Crippen LogP contribution in [0.2, 0.25) is 0 Å². The number of rotatable bonds is 2. The number of aromatic nitrogens is 2. The molecule has 1 aromatic carbocycles. The molecule has 0 saturated carbocycles. The molecule has 0 radical (unpaired) electrons. The lowest BCUT2D eigenvalue weighted by molar-refractivity contribution is 0.0597. The maximum Gasteiger partial charge on any atom is 0.343 e. The van der Waals surface area contributed by atoms with Gasteiger partial charge in [0.05, 0.1) is 12.6 Å². The maximum absolute atomic E-state index is 13.9. The number of halogens is 1. The summed E-state index contributed by atoms with van der Waals surface area (Å²) in [6.07, 6.45) is 1.09. The predicted molar refractivity (Wildman–Crippen MR) is 74.9 cm³/mol. The monoisotopic (exact) mass is 290 g/mol. The van der Waals surface area contributed by atoms with Crippen LogP contribution in [0.15, 0.2) is 12.1 Å². The molecule has 2 aliphatic rings. The SMILES string of the molecule is COC(=O)c1c(F)ccc2[nH]c(N3C[C@@H]4C[C@H]3CN4)nc12. The number of methoxy groups -OCH3 is 1. The summed E-state index contributed by atoms with van der Waals surface area (Å²) in [5.74, 6) is -0.632. The fraction of sp³-hybridized carbons (Fsp3) is 0.429. The molecule has 21 heavy (non-hydrogen) atoms. The van der Waals surface area contributed by atoms with Crippen molar-refractivity contribution in [3.05, 3.63) is 23.5 Å². The van der Waals surface area contributed by atoms with Gasteiger partial charge in [-0.2, -0.15) is 0 Å². The second-order valence-electron chi connectivity index (χ2n) is 5.52. The van der Waals surface area contributed by atoms with E-state index in [9.17, 15) is 9.18 Å². The highest BCUT2D eigenvalue weighted by Gasteiger charge is 2.39. The zero-order chi connectivity index (χ0) is 14.6. The van der Waals surface area contributed by atoms with Crippen LogP contribution >= 0.6 is 0 Å². The number of benzene rings is 1. The van der Waals surface area contributed by atoms with Gasteiger partial charge in [-0.15, -0.1) is 0 Å². The first-order chi connectivity index (χ1) is 10.2. The number of nitrogens with one attached hydrogen (secondary N) is 2. The van der Waals surface area contributed by atoms with Crippen LogP contribution in [-0.2, 0) is 4.74 Å². The number of anilines is 1. The molecule has 2 bridgehead atoms. The summed E-state index contributed by atoms with van der Waals surface area (Å²) in [5.41, 5.74) is 0.857. The Morgan fingerprint density at radius 1 is 1.52 bits per heavy atom. The molecule has 0 aliphatic carbocycles. The van der Waals surface area contributed by atoms with Crippen LogP contribution in [0.25, 0.3) is 11.0 Å². The Kier molecular flexibility index (Phi) is 2.65. The molecule has 2 aromatic rings. The van der Waals surface area contributed by atoms with Gasteiger partial charge in [0.25, 0.3) is 0 Å². The van der Waals surface area contributed by atoms with Crippen molar-refractivity contribution in [1.29, 1.82) is 0 Å². The Morgan fingerprint density at radius 2 is 2.38 bits per heavy atom. The Labute approximate surface area is 120 Å². The van der Waals surface area contributed by atoms with Crippen molar-refractivity contribution in [2.45, 2.75) is 18.5 Å². The summed E-state index contributed by atoms with van der Waals surface area (Å²) in [6.45, 7) is 1.81. The van der Waals surface area contributed by atoms with E-state index in [0.29, 0.717) is 29.1 Å². The Morgan fingerprint density at radius 3 is 3.05 bits per heavy atom. The number of carbonyl (C=O) groups excluding carboxylic acids is 1. The van der Waals surface area contributed by atoms with E-state index in [4.69, 9.17) is 0 Å². The third-order valence-electron chi connectivity index (χ3n) is 4.31. The highest BCUT2D eigenvalue weighted by molar-refractivity contribution is 6.02. The summed E-state index contributed by atoms with van der Waals surface area (Å²) >= 11 is 0. The number of esters is 1.